The number of benzene rings is 1. The average molecular weight is 348 g/mol. The second kappa shape index (κ2) is 7.39. The molecule has 6 nitrogen and oxygen atoms in total. The molecule has 1 aromatic carbocycles. The molecule has 0 spiro atoms. The van der Waals surface area contributed by atoms with E-state index in [-0.39, 0.29) is 11.9 Å². The van der Waals surface area contributed by atoms with Crippen molar-refractivity contribution < 1.29 is 9.53 Å². The summed E-state index contributed by atoms with van der Waals surface area (Å²) < 4.78 is 7.73. The number of ether oxygens (including phenoxy) is 1. The molecule has 0 N–H and O–H groups in total. The van der Waals surface area contributed by atoms with Crippen molar-refractivity contribution in [2.45, 2.75) is 25.4 Å². The highest BCUT2D eigenvalue weighted by atomic mass is 16.5. The van der Waals surface area contributed by atoms with Gasteiger partial charge in [0.05, 0.1) is 12.6 Å². The Morgan fingerprint density at radius 3 is 2.81 bits per heavy atom. The molecule has 132 valence electrons. The molecule has 1 amide bonds. The monoisotopic (exact) mass is 348 g/mol. The zero-order chi connectivity index (χ0) is 17.8. The van der Waals surface area contributed by atoms with Gasteiger partial charge in [-0.25, -0.2) is 4.98 Å². The molecule has 3 aromatic rings. The Morgan fingerprint density at radius 2 is 2.00 bits per heavy atom. The first kappa shape index (κ1) is 16.3. The number of aromatic nitrogens is 3. The Hall–Kier alpha value is -3.15. The summed E-state index contributed by atoms with van der Waals surface area (Å²) in [6.07, 6.45) is 7.29. The number of nitrogens with zero attached hydrogens (tertiary/aromatic N) is 4. The Kier molecular flexibility index (Phi) is 4.64. The molecule has 0 bridgehead atoms. The smallest absolute Gasteiger partial charge is 0.259 e. The average Bonchev–Trinajstić information content (AvgIpc) is 3.35. The molecule has 0 aliphatic carbocycles. The van der Waals surface area contributed by atoms with Gasteiger partial charge in [-0.15, -0.1) is 0 Å². The van der Waals surface area contributed by atoms with Crippen molar-refractivity contribution in [1.82, 2.24) is 19.7 Å². The lowest BCUT2D eigenvalue weighted by molar-refractivity contribution is 0.0718. The van der Waals surface area contributed by atoms with Crippen molar-refractivity contribution in [2.24, 2.45) is 0 Å². The maximum atomic E-state index is 13.2. The van der Waals surface area contributed by atoms with E-state index in [1.165, 1.54) is 0 Å². The second-order valence-electron chi connectivity index (χ2n) is 6.29. The third-order valence-electron chi connectivity index (χ3n) is 4.55. The topological polar surface area (TPSA) is 60.2 Å². The van der Waals surface area contributed by atoms with Crippen molar-refractivity contribution in [1.29, 1.82) is 0 Å². The van der Waals surface area contributed by atoms with Crippen molar-refractivity contribution in [3.05, 3.63) is 72.7 Å². The van der Waals surface area contributed by atoms with Crippen molar-refractivity contribution in [3.63, 3.8) is 0 Å². The highest BCUT2D eigenvalue weighted by Gasteiger charge is 2.31. The fraction of sp³-hybridized carbons (Fsp3) is 0.250. The number of carbonyl (C=O) groups excluding carboxylic acids is 1. The van der Waals surface area contributed by atoms with Crippen LogP contribution in [-0.2, 0) is 6.54 Å². The number of pyridine rings is 1. The van der Waals surface area contributed by atoms with Crippen molar-refractivity contribution >= 4 is 5.91 Å². The summed E-state index contributed by atoms with van der Waals surface area (Å²) in [6.45, 7) is 1.44. The maximum Gasteiger partial charge on any atom is 0.259 e. The Bertz CT molecular complexity index is 865. The Balaban J connectivity index is 1.56. The van der Waals surface area contributed by atoms with Gasteiger partial charge >= 0.3 is 0 Å². The van der Waals surface area contributed by atoms with E-state index in [9.17, 15) is 4.79 Å². The summed E-state index contributed by atoms with van der Waals surface area (Å²) in [6, 6.07) is 15.0. The number of likely N-dealkylation sites (tertiary alicyclic amines) is 1. The number of hydrogen-bond donors (Lipinski definition) is 0. The van der Waals surface area contributed by atoms with E-state index in [2.05, 4.69) is 10.1 Å². The van der Waals surface area contributed by atoms with Crippen LogP contribution in [0, 0.1) is 0 Å². The molecule has 3 heterocycles. The van der Waals surface area contributed by atoms with Crippen LogP contribution in [0.4, 0.5) is 0 Å². The van der Waals surface area contributed by atoms with Gasteiger partial charge in [0.25, 0.3) is 5.91 Å². The van der Waals surface area contributed by atoms with Crippen molar-refractivity contribution in [3.8, 4) is 11.6 Å². The first-order valence-electron chi connectivity index (χ1n) is 8.77. The second-order valence-corrected chi connectivity index (χ2v) is 6.29. The van der Waals surface area contributed by atoms with E-state index < -0.39 is 0 Å². The van der Waals surface area contributed by atoms with Crippen LogP contribution in [0.15, 0.2) is 67.1 Å². The lowest BCUT2D eigenvalue weighted by atomic mass is 10.2. The summed E-state index contributed by atoms with van der Waals surface area (Å²) in [5.74, 6) is 0.960. The quantitative estimate of drug-likeness (QED) is 0.709. The van der Waals surface area contributed by atoms with Crippen LogP contribution in [-0.4, -0.2) is 38.2 Å². The van der Waals surface area contributed by atoms with Crippen LogP contribution in [0.2, 0.25) is 0 Å². The van der Waals surface area contributed by atoms with Crippen LogP contribution in [0.1, 0.15) is 23.2 Å². The molecule has 0 unspecified atom stereocenters. The predicted molar refractivity (Wildman–Crippen MR) is 97.0 cm³/mol. The van der Waals surface area contributed by atoms with Gasteiger partial charge in [0.2, 0.25) is 5.88 Å². The van der Waals surface area contributed by atoms with Gasteiger partial charge in [-0.1, -0.05) is 18.2 Å². The molecule has 0 radical (unpaired) electrons. The van der Waals surface area contributed by atoms with Gasteiger partial charge in [0, 0.05) is 25.1 Å². The number of rotatable bonds is 5. The highest BCUT2D eigenvalue weighted by molar-refractivity contribution is 5.96. The summed E-state index contributed by atoms with van der Waals surface area (Å²) in [5.41, 5.74) is 0.490. The summed E-state index contributed by atoms with van der Waals surface area (Å²) >= 11 is 0. The molecule has 0 saturated carbocycles. The van der Waals surface area contributed by atoms with Crippen molar-refractivity contribution in [2.75, 3.05) is 6.54 Å². The minimum absolute atomic E-state index is 0.0429. The third-order valence-corrected chi connectivity index (χ3v) is 4.55. The predicted octanol–water partition coefficient (Wildman–Crippen LogP) is 3.38. The number of para-hydroxylation sites is 1. The van der Waals surface area contributed by atoms with Gasteiger partial charge in [-0.3, -0.25) is 9.48 Å². The molecule has 1 atom stereocenters. The SMILES string of the molecule is O=C(c1cccnc1Oc1ccccc1)N1CCC[C@@H]1Cn1cccn1. The molecule has 1 aliphatic rings. The molecule has 1 saturated heterocycles. The highest BCUT2D eigenvalue weighted by Crippen LogP contribution is 2.27. The van der Waals surface area contributed by atoms with Gasteiger partial charge < -0.3 is 9.64 Å². The third kappa shape index (κ3) is 3.44. The number of carbonyl (C=O) groups is 1. The van der Waals surface area contributed by atoms with Crippen LogP contribution < -0.4 is 4.74 Å². The fourth-order valence-electron chi connectivity index (χ4n) is 3.31. The standard InChI is InChI=1S/C20H20N4O2/c25-20(24-14-5-7-16(24)15-23-13-6-12-22-23)18-10-4-11-21-19(18)26-17-8-2-1-3-9-17/h1-4,6,8-13,16H,5,7,14-15H2/t16-/m1/s1. The lowest BCUT2D eigenvalue weighted by Crippen LogP contribution is -2.38. The van der Waals surface area contributed by atoms with Crippen LogP contribution in [0.3, 0.4) is 0 Å². The van der Waals surface area contributed by atoms with Gasteiger partial charge in [0.15, 0.2) is 0 Å². The van der Waals surface area contributed by atoms with E-state index >= 15 is 0 Å². The van der Waals surface area contributed by atoms with E-state index in [4.69, 9.17) is 4.74 Å². The number of amides is 1. The van der Waals surface area contributed by atoms with Crippen LogP contribution >= 0.6 is 0 Å². The minimum atomic E-state index is -0.0429. The molecule has 2 aromatic heterocycles. The zero-order valence-electron chi connectivity index (χ0n) is 14.4. The molecule has 26 heavy (non-hydrogen) atoms. The zero-order valence-corrected chi connectivity index (χ0v) is 14.4. The summed E-state index contributed by atoms with van der Waals surface area (Å²) in [4.78, 5) is 19.4. The molecule has 1 aliphatic heterocycles. The number of hydrogen-bond acceptors (Lipinski definition) is 4. The van der Waals surface area contributed by atoms with Crippen LogP contribution in [0.25, 0.3) is 0 Å². The van der Waals surface area contributed by atoms with Gasteiger partial charge in [0.1, 0.15) is 11.3 Å². The van der Waals surface area contributed by atoms with E-state index in [1.807, 2.05) is 52.2 Å². The van der Waals surface area contributed by atoms with E-state index in [1.54, 1.807) is 24.5 Å². The molecule has 4 rings (SSSR count). The maximum absolute atomic E-state index is 13.2. The fourth-order valence-corrected chi connectivity index (χ4v) is 3.31. The summed E-state index contributed by atoms with van der Waals surface area (Å²) in [7, 11) is 0. The minimum Gasteiger partial charge on any atom is -0.438 e. The van der Waals surface area contributed by atoms with Crippen LogP contribution in [0.5, 0.6) is 11.6 Å². The largest absolute Gasteiger partial charge is 0.438 e. The van der Waals surface area contributed by atoms with E-state index in [0.717, 1.165) is 19.4 Å². The molecule has 1 fully saturated rings. The first-order chi connectivity index (χ1) is 12.8. The van der Waals surface area contributed by atoms with Gasteiger partial charge in [-0.05, 0) is 43.2 Å². The summed E-state index contributed by atoms with van der Waals surface area (Å²) in [5, 5.41) is 4.26. The molecular formula is C20H20N4O2. The first-order valence-corrected chi connectivity index (χ1v) is 8.77. The lowest BCUT2D eigenvalue weighted by Gasteiger charge is -2.25. The van der Waals surface area contributed by atoms with Gasteiger partial charge in [-0.2, -0.15) is 5.10 Å². The Labute approximate surface area is 152 Å². The Morgan fingerprint density at radius 1 is 1.12 bits per heavy atom. The molecule has 6 heteroatoms. The van der Waals surface area contributed by atoms with E-state index in [0.29, 0.717) is 23.7 Å². The normalized spacial score (nSPS) is 16.6. The molecular weight excluding hydrogens is 328 g/mol.